The number of methoxy groups -OCH3 is 1. The van der Waals surface area contributed by atoms with Crippen molar-refractivity contribution in [3.05, 3.63) is 28.0 Å². The Labute approximate surface area is 95.0 Å². The van der Waals surface area contributed by atoms with E-state index in [1.807, 2.05) is 0 Å². The van der Waals surface area contributed by atoms with Gasteiger partial charge in [-0.2, -0.15) is 0 Å². The minimum Gasteiger partial charge on any atom is -0.497 e. The Balaban J connectivity index is 3.27. The largest absolute Gasteiger partial charge is 0.497 e. The molecule has 0 amide bonds. The van der Waals surface area contributed by atoms with Gasteiger partial charge in [0.1, 0.15) is 11.6 Å². The molecule has 0 spiro atoms. The summed E-state index contributed by atoms with van der Waals surface area (Å²) in [6.45, 7) is 1.42. The van der Waals surface area contributed by atoms with Crippen molar-refractivity contribution in [2.45, 2.75) is 12.8 Å². The van der Waals surface area contributed by atoms with Gasteiger partial charge in [-0.3, -0.25) is 4.79 Å². The van der Waals surface area contributed by atoms with E-state index in [1.165, 1.54) is 26.2 Å². The van der Waals surface area contributed by atoms with Gasteiger partial charge in [-0.05, 0) is 35.0 Å². The summed E-state index contributed by atoms with van der Waals surface area (Å²) in [5.41, 5.74) is 0.105. The first-order chi connectivity index (χ1) is 6.97. The third kappa shape index (κ3) is 2.47. The highest BCUT2D eigenvalue weighted by molar-refractivity contribution is 9.10. The Morgan fingerprint density at radius 1 is 1.60 bits per heavy atom. The lowest BCUT2D eigenvalue weighted by molar-refractivity contribution is -0.138. The predicted octanol–water partition coefficient (Wildman–Crippen LogP) is 2.78. The second-order valence-electron chi connectivity index (χ2n) is 3.07. The first-order valence-corrected chi connectivity index (χ1v) is 5.02. The monoisotopic (exact) mass is 276 g/mol. The normalized spacial score (nSPS) is 12.3. The number of carboxylic acids is 1. The molecule has 1 N–H and O–H groups in total. The first kappa shape index (κ1) is 12.0. The lowest BCUT2D eigenvalue weighted by Gasteiger charge is -2.11. The average Bonchev–Trinajstić information content (AvgIpc) is 2.20. The van der Waals surface area contributed by atoms with Crippen LogP contribution in [0.4, 0.5) is 4.39 Å². The molecule has 1 aromatic carbocycles. The Hall–Kier alpha value is -1.10. The van der Waals surface area contributed by atoms with Gasteiger partial charge in [0.15, 0.2) is 0 Å². The van der Waals surface area contributed by atoms with E-state index >= 15 is 0 Å². The number of halogens is 2. The molecule has 1 aromatic rings. The highest BCUT2D eigenvalue weighted by Gasteiger charge is 2.20. The van der Waals surface area contributed by atoms with Gasteiger partial charge in [0.05, 0.1) is 17.5 Å². The fourth-order valence-electron chi connectivity index (χ4n) is 1.15. The second-order valence-corrected chi connectivity index (χ2v) is 3.93. The Morgan fingerprint density at radius 2 is 2.20 bits per heavy atom. The van der Waals surface area contributed by atoms with E-state index in [0.29, 0.717) is 5.75 Å². The highest BCUT2D eigenvalue weighted by atomic mass is 79.9. The summed E-state index contributed by atoms with van der Waals surface area (Å²) >= 11 is 3.01. The fourth-order valence-corrected chi connectivity index (χ4v) is 1.60. The van der Waals surface area contributed by atoms with Crippen LogP contribution in [-0.2, 0) is 4.79 Å². The molecule has 0 aliphatic carbocycles. The van der Waals surface area contributed by atoms with Crippen LogP contribution in [0.5, 0.6) is 5.75 Å². The van der Waals surface area contributed by atoms with Gasteiger partial charge < -0.3 is 9.84 Å². The van der Waals surface area contributed by atoms with Crippen molar-refractivity contribution < 1.29 is 19.0 Å². The number of carbonyl (C=O) groups is 1. The molecule has 1 unspecified atom stereocenters. The van der Waals surface area contributed by atoms with Crippen LogP contribution in [0, 0.1) is 5.82 Å². The molecule has 0 aromatic heterocycles. The van der Waals surface area contributed by atoms with E-state index in [2.05, 4.69) is 15.9 Å². The van der Waals surface area contributed by atoms with E-state index in [4.69, 9.17) is 9.84 Å². The van der Waals surface area contributed by atoms with Gasteiger partial charge in [0, 0.05) is 5.56 Å². The molecule has 0 aliphatic heterocycles. The molecule has 82 valence electrons. The summed E-state index contributed by atoms with van der Waals surface area (Å²) in [6, 6.07) is 2.84. The molecule has 0 heterocycles. The van der Waals surface area contributed by atoms with Crippen LogP contribution in [0.3, 0.4) is 0 Å². The summed E-state index contributed by atoms with van der Waals surface area (Å²) in [6.07, 6.45) is 0. The summed E-state index contributed by atoms with van der Waals surface area (Å²) in [5, 5.41) is 8.79. The molecule has 0 bridgehead atoms. The lowest BCUT2D eigenvalue weighted by atomic mass is 10.0. The van der Waals surface area contributed by atoms with Crippen LogP contribution in [0.15, 0.2) is 16.6 Å². The van der Waals surface area contributed by atoms with E-state index < -0.39 is 17.7 Å². The van der Waals surface area contributed by atoms with Crippen LogP contribution in [-0.4, -0.2) is 18.2 Å². The number of ether oxygens (including phenoxy) is 1. The molecule has 0 aliphatic rings. The number of aliphatic carboxylic acids is 1. The summed E-state index contributed by atoms with van der Waals surface area (Å²) in [7, 11) is 1.44. The zero-order chi connectivity index (χ0) is 11.6. The molecule has 15 heavy (non-hydrogen) atoms. The van der Waals surface area contributed by atoms with Crippen molar-refractivity contribution in [2.75, 3.05) is 7.11 Å². The number of benzene rings is 1. The summed E-state index contributed by atoms with van der Waals surface area (Å²) in [4.78, 5) is 10.7. The smallest absolute Gasteiger partial charge is 0.310 e. The zero-order valence-electron chi connectivity index (χ0n) is 8.25. The van der Waals surface area contributed by atoms with Crippen molar-refractivity contribution in [3.8, 4) is 5.75 Å². The van der Waals surface area contributed by atoms with Crippen LogP contribution < -0.4 is 4.74 Å². The second kappa shape index (κ2) is 4.61. The van der Waals surface area contributed by atoms with Crippen molar-refractivity contribution >= 4 is 21.9 Å². The van der Waals surface area contributed by atoms with Gasteiger partial charge in [-0.1, -0.05) is 0 Å². The number of hydrogen-bond acceptors (Lipinski definition) is 2. The average molecular weight is 277 g/mol. The molecule has 0 radical (unpaired) electrons. The standard InChI is InChI=1S/C10H10BrFO3/c1-5(10(13)14)7-3-6(15-2)4-8(11)9(7)12/h3-5H,1-2H3,(H,13,14). The molecule has 0 fully saturated rings. The Morgan fingerprint density at radius 3 is 2.67 bits per heavy atom. The van der Waals surface area contributed by atoms with Crippen molar-refractivity contribution in [1.29, 1.82) is 0 Å². The van der Waals surface area contributed by atoms with Gasteiger partial charge in [0.25, 0.3) is 0 Å². The van der Waals surface area contributed by atoms with Gasteiger partial charge >= 0.3 is 5.97 Å². The molecule has 0 saturated heterocycles. The van der Waals surface area contributed by atoms with E-state index in [0.717, 1.165) is 0 Å². The first-order valence-electron chi connectivity index (χ1n) is 4.23. The van der Waals surface area contributed by atoms with Crippen LogP contribution >= 0.6 is 15.9 Å². The maximum Gasteiger partial charge on any atom is 0.310 e. The molecule has 1 rings (SSSR count). The molecule has 3 nitrogen and oxygen atoms in total. The quantitative estimate of drug-likeness (QED) is 0.924. The topological polar surface area (TPSA) is 46.5 Å². The minimum atomic E-state index is -1.07. The fraction of sp³-hybridized carbons (Fsp3) is 0.300. The molecule has 0 saturated carbocycles. The number of hydrogen-bond donors (Lipinski definition) is 1. The maximum absolute atomic E-state index is 13.6. The van der Waals surface area contributed by atoms with Crippen LogP contribution in [0.1, 0.15) is 18.4 Å². The van der Waals surface area contributed by atoms with Crippen LogP contribution in [0.25, 0.3) is 0 Å². The predicted molar refractivity (Wildman–Crippen MR) is 56.7 cm³/mol. The Kier molecular flexibility index (Phi) is 3.68. The number of rotatable bonds is 3. The molecular formula is C10H10BrFO3. The molecule has 1 atom stereocenters. The summed E-state index contributed by atoms with van der Waals surface area (Å²) < 4.78 is 18.7. The highest BCUT2D eigenvalue weighted by Crippen LogP contribution is 2.30. The Bertz CT molecular complexity index is 392. The van der Waals surface area contributed by atoms with Gasteiger partial charge in [-0.25, -0.2) is 4.39 Å². The third-order valence-electron chi connectivity index (χ3n) is 2.10. The third-order valence-corrected chi connectivity index (χ3v) is 2.68. The van der Waals surface area contributed by atoms with Crippen molar-refractivity contribution in [2.24, 2.45) is 0 Å². The van der Waals surface area contributed by atoms with Gasteiger partial charge in [0.2, 0.25) is 0 Å². The van der Waals surface area contributed by atoms with E-state index in [-0.39, 0.29) is 10.0 Å². The summed E-state index contributed by atoms with van der Waals surface area (Å²) in [5.74, 6) is -2.12. The molecule has 5 heteroatoms. The minimum absolute atomic E-state index is 0.105. The molecular weight excluding hydrogens is 267 g/mol. The van der Waals surface area contributed by atoms with Gasteiger partial charge in [-0.15, -0.1) is 0 Å². The van der Waals surface area contributed by atoms with E-state index in [9.17, 15) is 9.18 Å². The van der Waals surface area contributed by atoms with Crippen molar-refractivity contribution in [1.82, 2.24) is 0 Å². The lowest BCUT2D eigenvalue weighted by Crippen LogP contribution is -2.10. The SMILES string of the molecule is COc1cc(Br)c(F)c(C(C)C(=O)O)c1. The van der Waals surface area contributed by atoms with Crippen LogP contribution in [0.2, 0.25) is 0 Å². The maximum atomic E-state index is 13.6. The van der Waals surface area contributed by atoms with E-state index in [1.54, 1.807) is 0 Å². The van der Waals surface area contributed by atoms with Crippen molar-refractivity contribution in [3.63, 3.8) is 0 Å². The zero-order valence-corrected chi connectivity index (χ0v) is 9.84. The number of carboxylic acid groups (broad SMARTS) is 1.